The SMILES string of the molecule is COc1cc(Cl)c(C)cc1NC(=O)CN(Cc1cccs1)CC1CCCO1. The molecule has 7 heteroatoms. The van der Waals surface area contributed by atoms with Gasteiger partial charge in [0.2, 0.25) is 5.91 Å². The van der Waals surface area contributed by atoms with Crippen LogP contribution in [-0.4, -0.2) is 43.7 Å². The summed E-state index contributed by atoms with van der Waals surface area (Å²) in [4.78, 5) is 16.1. The summed E-state index contributed by atoms with van der Waals surface area (Å²) in [5.74, 6) is 0.479. The molecule has 0 spiro atoms. The van der Waals surface area contributed by atoms with Gasteiger partial charge in [-0.1, -0.05) is 17.7 Å². The minimum Gasteiger partial charge on any atom is -0.495 e. The van der Waals surface area contributed by atoms with Gasteiger partial charge < -0.3 is 14.8 Å². The van der Waals surface area contributed by atoms with Crippen LogP contribution in [-0.2, 0) is 16.1 Å². The number of benzene rings is 1. The second-order valence-electron chi connectivity index (χ2n) is 6.73. The first-order chi connectivity index (χ1) is 13.0. The Morgan fingerprint density at radius 1 is 1.48 bits per heavy atom. The number of carbonyl (C=O) groups is 1. The van der Waals surface area contributed by atoms with Crippen LogP contribution in [0, 0.1) is 6.92 Å². The normalized spacial score (nSPS) is 16.7. The highest BCUT2D eigenvalue weighted by Gasteiger charge is 2.22. The third kappa shape index (κ3) is 5.69. The van der Waals surface area contributed by atoms with E-state index in [2.05, 4.69) is 21.7 Å². The van der Waals surface area contributed by atoms with Crippen LogP contribution in [0.2, 0.25) is 5.02 Å². The summed E-state index contributed by atoms with van der Waals surface area (Å²) >= 11 is 7.85. The molecule has 1 N–H and O–H groups in total. The molecule has 1 aromatic heterocycles. The number of hydrogen-bond acceptors (Lipinski definition) is 5. The van der Waals surface area contributed by atoms with E-state index < -0.39 is 0 Å². The Morgan fingerprint density at radius 2 is 2.33 bits per heavy atom. The Kier molecular flexibility index (Phi) is 7.13. The lowest BCUT2D eigenvalue weighted by Gasteiger charge is -2.24. The third-order valence-corrected chi connectivity index (χ3v) is 5.84. The molecule has 3 rings (SSSR count). The molecule has 1 atom stereocenters. The molecule has 1 aliphatic heterocycles. The molecule has 0 bridgehead atoms. The molecule has 1 unspecified atom stereocenters. The number of hydrogen-bond donors (Lipinski definition) is 1. The van der Waals surface area contributed by atoms with E-state index in [1.807, 2.05) is 19.1 Å². The zero-order chi connectivity index (χ0) is 19.2. The number of anilines is 1. The van der Waals surface area contributed by atoms with Gasteiger partial charge in [0.25, 0.3) is 0 Å². The molecule has 0 aliphatic carbocycles. The Bertz CT molecular complexity index is 761. The van der Waals surface area contributed by atoms with Gasteiger partial charge in [-0.3, -0.25) is 9.69 Å². The van der Waals surface area contributed by atoms with Crippen LogP contribution in [0.15, 0.2) is 29.6 Å². The molecule has 1 aromatic carbocycles. The summed E-state index contributed by atoms with van der Waals surface area (Å²) in [6.07, 6.45) is 2.34. The molecule has 146 valence electrons. The van der Waals surface area contributed by atoms with Crippen LogP contribution in [0.1, 0.15) is 23.3 Å². The van der Waals surface area contributed by atoms with Gasteiger partial charge in [0.05, 0.1) is 25.4 Å². The first kappa shape index (κ1) is 20.1. The number of amides is 1. The van der Waals surface area contributed by atoms with Crippen molar-refractivity contribution in [2.75, 3.05) is 32.1 Å². The maximum atomic E-state index is 12.7. The first-order valence-corrected chi connectivity index (χ1v) is 10.3. The van der Waals surface area contributed by atoms with Gasteiger partial charge >= 0.3 is 0 Å². The van der Waals surface area contributed by atoms with E-state index in [0.29, 0.717) is 23.0 Å². The summed E-state index contributed by atoms with van der Waals surface area (Å²) < 4.78 is 11.1. The lowest BCUT2D eigenvalue weighted by atomic mass is 10.2. The van der Waals surface area contributed by atoms with Crippen LogP contribution in [0.25, 0.3) is 0 Å². The van der Waals surface area contributed by atoms with Crippen LogP contribution in [0.5, 0.6) is 5.75 Å². The molecule has 27 heavy (non-hydrogen) atoms. The molecule has 1 amide bonds. The predicted octanol–water partition coefficient (Wildman–Crippen LogP) is 4.34. The second kappa shape index (κ2) is 9.55. The lowest BCUT2D eigenvalue weighted by molar-refractivity contribution is -0.117. The molecule has 2 aromatic rings. The van der Waals surface area contributed by atoms with E-state index in [4.69, 9.17) is 21.1 Å². The van der Waals surface area contributed by atoms with E-state index in [-0.39, 0.29) is 12.0 Å². The molecule has 0 saturated carbocycles. The van der Waals surface area contributed by atoms with Crippen molar-refractivity contribution in [3.8, 4) is 5.75 Å². The summed E-state index contributed by atoms with van der Waals surface area (Å²) in [5, 5.41) is 5.63. The number of thiophene rings is 1. The van der Waals surface area contributed by atoms with Gasteiger partial charge in [0, 0.05) is 35.7 Å². The van der Waals surface area contributed by atoms with E-state index in [1.165, 1.54) is 4.88 Å². The van der Waals surface area contributed by atoms with Crippen molar-refractivity contribution in [2.24, 2.45) is 0 Å². The number of ether oxygens (including phenoxy) is 2. The molecular formula is C20H25ClN2O3S. The number of halogens is 1. The van der Waals surface area contributed by atoms with Crippen molar-refractivity contribution in [1.29, 1.82) is 0 Å². The van der Waals surface area contributed by atoms with Crippen LogP contribution < -0.4 is 10.1 Å². The van der Waals surface area contributed by atoms with E-state index >= 15 is 0 Å². The average molecular weight is 409 g/mol. The topological polar surface area (TPSA) is 50.8 Å². The number of rotatable bonds is 8. The van der Waals surface area contributed by atoms with E-state index in [1.54, 1.807) is 24.5 Å². The quantitative estimate of drug-likeness (QED) is 0.706. The standard InChI is InChI=1S/C20H25ClN2O3S/c1-14-9-18(19(25-2)10-17(14)21)22-20(24)13-23(11-15-5-3-7-26-15)12-16-6-4-8-27-16/h4,6,8-10,15H,3,5,7,11-13H2,1-2H3,(H,22,24). The number of carbonyl (C=O) groups excluding carboxylic acids is 1. The number of nitrogens with zero attached hydrogens (tertiary/aromatic N) is 1. The summed E-state index contributed by atoms with van der Waals surface area (Å²) in [5.41, 5.74) is 1.53. The van der Waals surface area contributed by atoms with Gasteiger partial charge in [0.1, 0.15) is 5.75 Å². The number of methoxy groups -OCH3 is 1. The molecule has 5 nitrogen and oxygen atoms in total. The fraction of sp³-hybridized carbons (Fsp3) is 0.450. The maximum absolute atomic E-state index is 12.7. The minimum atomic E-state index is -0.0791. The van der Waals surface area contributed by atoms with Gasteiger partial charge in [-0.15, -0.1) is 11.3 Å². The number of aryl methyl sites for hydroxylation is 1. The molecule has 1 aliphatic rings. The second-order valence-corrected chi connectivity index (χ2v) is 8.17. The zero-order valence-electron chi connectivity index (χ0n) is 15.7. The average Bonchev–Trinajstić information content (AvgIpc) is 3.32. The van der Waals surface area contributed by atoms with E-state index in [9.17, 15) is 4.79 Å². The van der Waals surface area contributed by atoms with Gasteiger partial charge in [-0.25, -0.2) is 0 Å². The van der Waals surface area contributed by atoms with Crippen molar-refractivity contribution in [2.45, 2.75) is 32.4 Å². The number of nitrogens with one attached hydrogen (secondary N) is 1. The largest absolute Gasteiger partial charge is 0.495 e. The fourth-order valence-electron chi connectivity index (χ4n) is 3.21. The summed E-state index contributed by atoms with van der Waals surface area (Å²) in [6.45, 7) is 4.50. The maximum Gasteiger partial charge on any atom is 0.238 e. The van der Waals surface area contributed by atoms with Gasteiger partial charge in [-0.05, 0) is 42.8 Å². The fourth-order valence-corrected chi connectivity index (χ4v) is 4.11. The third-order valence-electron chi connectivity index (χ3n) is 4.57. The Labute approximate surface area is 169 Å². The smallest absolute Gasteiger partial charge is 0.238 e. The highest BCUT2D eigenvalue weighted by atomic mass is 35.5. The molecule has 1 saturated heterocycles. The highest BCUT2D eigenvalue weighted by molar-refractivity contribution is 7.09. The molecule has 2 heterocycles. The highest BCUT2D eigenvalue weighted by Crippen LogP contribution is 2.31. The Hall–Kier alpha value is -1.60. The Balaban J connectivity index is 1.67. The van der Waals surface area contributed by atoms with Crippen LogP contribution in [0.4, 0.5) is 5.69 Å². The first-order valence-electron chi connectivity index (χ1n) is 9.05. The predicted molar refractivity (Wildman–Crippen MR) is 110 cm³/mol. The molecule has 1 fully saturated rings. The van der Waals surface area contributed by atoms with Crippen molar-refractivity contribution in [3.63, 3.8) is 0 Å². The zero-order valence-corrected chi connectivity index (χ0v) is 17.2. The van der Waals surface area contributed by atoms with Crippen molar-refractivity contribution < 1.29 is 14.3 Å². The lowest BCUT2D eigenvalue weighted by Crippen LogP contribution is -2.37. The van der Waals surface area contributed by atoms with Crippen LogP contribution in [0.3, 0.4) is 0 Å². The Morgan fingerprint density at radius 3 is 3.00 bits per heavy atom. The minimum absolute atomic E-state index is 0.0791. The van der Waals surface area contributed by atoms with Gasteiger partial charge in [-0.2, -0.15) is 0 Å². The summed E-state index contributed by atoms with van der Waals surface area (Å²) in [6, 6.07) is 7.69. The molecule has 0 radical (unpaired) electrons. The van der Waals surface area contributed by atoms with Crippen molar-refractivity contribution in [1.82, 2.24) is 4.90 Å². The monoisotopic (exact) mass is 408 g/mol. The van der Waals surface area contributed by atoms with E-state index in [0.717, 1.165) is 38.1 Å². The van der Waals surface area contributed by atoms with Gasteiger partial charge in [0.15, 0.2) is 0 Å². The van der Waals surface area contributed by atoms with Crippen molar-refractivity contribution >= 4 is 34.5 Å². The summed E-state index contributed by atoms with van der Waals surface area (Å²) in [7, 11) is 1.57. The molecular weight excluding hydrogens is 384 g/mol. The van der Waals surface area contributed by atoms with Crippen LogP contribution >= 0.6 is 22.9 Å². The van der Waals surface area contributed by atoms with Crippen molar-refractivity contribution in [3.05, 3.63) is 45.1 Å².